The maximum atomic E-state index is 12.6. The van der Waals surface area contributed by atoms with Crippen LogP contribution < -0.4 is 20.1 Å². The van der Waals surface area contributed by atoms with Gasteiger partial charge in [0.1, 0.15) is 11.5 Å². The Labute approximate surface area is 152 Å². The predicted molar refractivity (Wildman–Crippen MR) is 100.0 cm³/mol. The standard InChI is InChI=1S/C20H22N2O4/c1-3-4-11-25-17-8-6-5-7-15(17)20(24)21-14-9-10-18-16(12-14)22-19(23)13(2)26-18/h5-10,12-13H,3-4,11H2,1-2H3,(H,21,24)(H,22,23)/t13-/m0/s1. The molecule has 0 unspecified atom stereocenters. The fourth-order valence-corrected chi connectivity index (χ4v) is 2.59. The van der Waals surface area contributed by atoms with E-state index in [0.717, 1.165) is 12.8 Å². The third kappa shape index (κ3) is 3.96. The van der Waals surface area contributed by atoms with Crippen LogP contribution in [0.15, 0.2) is 42.5 Å². The normalized spacial score (nSPS) is 15.5. The first kappa shape index (κ1) is 17.8. The fourth-order valence-electron chi connectivity index (χ4n) is 2.59. The van der Waals surface area contributed by atoms with E-state index in [1.54, 1.807) is 43.3 Å². The molecule has 136 valence electrons. The van der Waals surface area contributed by atoms with Crippen molar-refractivity contribution in [1.82, 2.24) is 0 Å². The van der Waals surface area contributed by atoms with Crippen LogP contribution >= 0.6 is 0 Å². The van der Waals surface area contributed by atoms with Gasteiger partial charge in [-0.15, -0.1) is 0 Å². The molecule has 0 aromatic heterocycles. The Hall–Kier alpha value is -3.02. The summed E-state index contributed by atoms with van der Waals surface area (Å²) < 4.78 is 11.2. The molecule has 0 aliphatic carbocycles. The minimum atomic E-state index is -0.532. The fraction of sp³-hybridized carbons (Fsp3) is 0.300. The van der Waals surface area contributed by atoms with Crippen LogP contribution in [0.5, 0.6) is 11.5 Å². The third-order valence-electron chi connectivity index (χ3n) is 4.06. The number of hydrogen-bond acceptors (Lipinski definition) is 4. The van der Waals surface area contributed by atoms with E-state index < -0.39 is 6.10 Å². The first-order valence-corrected chi connectivity index (χ1v) is 8.73. The molecular formula is C20H22N2O4. The van der Waals surface area contributed by atoms with E-state index in [4.69, 9.17) is 9.47 Å². The van der Waals surface area contributed by atoms with Crippen molar-refractivity contribution in [2.45, 2.75) is 32.8 Å². The molecule has 2 amide bonds. The summed E-state index contributed by atoms with van der Waals surface area (Å²) in [6.07, 6.45) is 1.42. The minimum Gasteiger partial charge on any atom is -0.493 e. The lowest BCUT2D eigenvalue weighted by atomic mass is 10.1. The van der Waals surface area contributed by atoms with Gasteiger partial charge in [-0.05, 0) is 43.7 Å². The van der Waals surface area contributed by atoms with Crippen LogP contribution in [-0.2, 0) is 4.79 Å². The summed E-state index contributed by atoms with van der Waals surface area (Å²) >= 11 is 0. The highest BCUT2D eigenvalue weighted by molar-refractivity contribution is 6.07. The Bertz CT molecular complexity index is 819. The molecule has 0 fully saturated rings. The number of benzene rings is 2. The van der Waals surface area contributed by atoms with E-state index in [2.05, 4.69) is 17.6 Å². The maximum Gasteiger partial charge on any atom is 0.265 e. The third-order valence-corrected chi connectivity index (χ3v) is 4.06. The maximum absolute atomic E-state index is 12.6. The molecule has 26 heavy (non-hydrogen) atoms. The first-order valence-electron chi connectivity index (χ1n) is 8.73. The zero-order valence-corrected chi connectivity index (χ0v) is 14.9. The van der Waals surface area contributed by atoms with Crippen LogP contribution in [0.25, 0.3) is 0 Å². The average Bonchev–Trinajstić information content (AvgIpc) is 2.63. The largest absolute Gasteiger partial charge is 0.493 e. The number of rotatable bonds is 6. The lowest BCUT2D eigenvalue weighted by Crippen LogP contribution is -2.34. The summed E-state index contributed by atoms with van der Waals surface area (Å²) in [7, 11) is 0. The van der Waals surface area contributed by atoms with Gasteiger partial charge in [-0.25, -0.2) is 0 Å². The smallest absolute Gasteiger partial charge is 0.265 e. The zero-order valence-electron chi connectivity index (χ0n) is 14.9. The van der Waals surface area contributed by atoms with Crippen LogP contribution in [0, 0.1) is 0 Å². The molecule has 1 atom stereocenters. The molecule has 3 rings (SSSR count). The molecule has 1 aliphatic heterocycles. The van der Waals surface area contributed by atoms with Gasteiger partial charge in [-0.3, -0.25) is 9.59 Å². The highest BCUT2D eigenvalue weighted by Gasteiger charge is 2.23. The molecule has 2 aromatic rings. The van der Waals surface area contributed by atoms with Crippen molar-refractivity contribution < 1.29 is 19.1 Å². The first-order chi connectivity index (χ1) is 12.6. The number of anilines is 2. The highest BCUT2D eigenvalue weighted by atomic mass is 16.5. The number of fused-ring (bicyclic) bond motifs is 1. The van der Waals surface area contributed by atoms with Gasteiger partial charge in [0.15, 0.2) is 6.10 Å². The van der Waals surface area contributed by atoms with Crippen molar-refractivity contribution in [2.75, 3.05) is 17.2 Å². The van der Waals surface area contributed by atoms with Gasteiger partial charge in [-0.2, -0.15) is 0 Å². The molecular weight excluding hydrogens is 332 g/mol. The second kappa shape index (κ2) is 7.91. The summed E-state index contributed by atoms with van der Waals surface area (Å²) in [4.78, 5) is 24.4. The van der Waals surface area contributed by atoms with Crippen LogP contribution in [0.2, 0.25) is 0 Å². The summed E-state index contributed by atoms with van der Waals surface area (Å²) in [5.41, 5.74) is 1.57. The number of hydrogen-bond donors (Lipinski definition) is 2. The quantitative estimate of drug-likeness (QED) is 0.773. The van der Waals surface area contributed by atoms with Crippen molar-refractivity contribution in [2.24, 2.45) is 0 Å². The lowest BCUT2D eigenvalue weighted by Gasteiger charge is -2.23. The van der Waals surface area contributed by atoms with E-state index in [-0.39, 0.29) is 11.8 Å². The topological polar surface area (TPSA) is 76.7 Å². The van der Waals surface area contributed by atoms with E-state index >= 15 is 0 Å². The molecule has 0 saturated heterocycles. The number of nitrogens with one attached hydrogen (secondary N) is 2. The molecule has 2 aromatic carbocycles. The lowest BCUT2D eigenvalue weighted by molar-refractivity contribution is -0.122. The van der Waals surface area contributed by atoms with Gasteiger partial charge in [0.2, 0.25) is 0 Å². The van der Waals surface area contributed by atoms with Crippen LogP contribution in [0.4, 0.5) is 11.4 Å². The minimum absolute atomic E-state index is 0.212. The van der Waals surface area contributed by atoms with Crippen molar-refractivity contribution in [3.05, 3.63) is 48.0 Å². The average molecular weight is 354 g/mol. The molecule has 1 heterocycles. The Morgan fingerprint density at radius 2 is 2.08 bits per heavy atom. The van der Waals surface area contributed by atoms with E-state index in [9.17, 15) is 9.59 Å². The van der Waals surface area contributed by atoms with E-state index in [1.807, 2.05) is 6.07 Å². The summed E-state index contributed by atoms with van der Waals surface area (Å²) in [6, 6.07) is 12.3. The number of unbranched alkanes of at least 4 members (excludes halogenated alkanes) is 1. The molecule has 0 spiro atoms. The molecule has 0 radical (unpaired) electrons. The second-order valence-electron chi connectivity index (χ2n) is 6.11. The van der Waals surface area contributed by atoms with Gasteiger partial charge < -0.3 is 20.1 Å². The summed E-state index contributed by atoms with van der Waals surface area (Å²) in [5.74, 6) is 0.657. The molecule has 0 saturated carbocycles. The van der Waals surface area contributed by atoms with Crippen molar-refractivity contribution in [1.29, 1.82) is 0 Å². The number of carbonyl (C=O) groups excluding carboxylic acids is 2. The Morgan fingerprint density at radius 3 is 2.88 bits per heavy atom. The van der Waals surface area contributed by atoms with Crippen molar-refractivity contribution in [3.63, 3.8) is 0 Å². The van der Waals surface area contributed by atoms with Crippen LogP contribution in [0.1, 0.15) is 37.0 Å². The second-order valence-corrected chi connectivity index (χ2v) is 6.11. The number of para-hydroxylation sites is 1. The highest BCUT2D eigenvalue weighted by Crippen LogP contribution is 2.32. The summed E-state index contributed by atoms with van der Waals surface area (Å²) in [5, 5.41) is 5.61. The Morgan fingerprint density at radius 1 is 1.27 bits per heavy atom. The predicted octanol–water partition coefficient (Wildman–Crippen LogP) is 3.84. The van der Waals surface area contributed by atoms with Gasteiger partial charge >= 0.3 is 0 Å². The number of ether oxygens (including phenoxy) is 2. The number of carbonyl (C=O) groups is 2. The monoisotopic (exact) mass is 354 g/mol. The SMILES string of the molecule is CCCCOc1ccccc1C(=O)Nc1ccc2c(c1)NC(=O)[C@H](C)O2. The van der Waals surface area contributed by atoms with E-state index in [1.165, 1.54) is 0 Å². The summed E-state index contributed by atoms with van der Waals surface area (Å²) in [6.45, 7) is 4.34. The Kier molecular flexibility index (Phi) is 5.41. The van der Waals surface area contributed by atoms with Gasteiger partial charge in [0, 0.05) is 5.69 Å². The van der Waals surface area contributed by atoms with Gasteiger partial charge in [0.25, 0.3) is 11.8 Å². The van der Waals surface area contributed by atoms with Crippen LogP contribution in [0.3, 0.4) is 0 Å². The van der Waals surface area contributed by atoms with Gasteiger partial charge in [-0.1, -0.05) is 25.5 Å². The van der Waals surface area contributed by atoms with Crippen molar-refractivity contribution >= 4 is 23.2 Å². The van der Waals surface area contributed by atoms with Gasteiger partial charge in [0.05, 0.1) is 17.9 Å². The molecule has 1 aliphatic rings. The molecule has 6 heteroatoms. The zero-order chi connectivity index (χ0) is 18.5. The van der Waals surface area contributed by atoms with E-state index in [0.29, 0.717) is 35.0 Å². The van der Waals surface area contributed by atoms with Crippen molar-refractivity contribution in [3.8, 4) is 11.5 Å². The van der Waals surface area contributed by atoms with Crippen LogP contribution in [-0.4, -0.2) is 24.5 Å². The Balaban J connectivity index is 1.75. The number of amides is 2. The molecule has 2 N–H and O–H groups in total. The molecule has 0 bridgehead atoms. The molecule has 6 nitrogen and oxygen atoms in total.